The fraction of sp³-hybridized carbons (Fsp3) is 0.235. The van der Waals surface area contributed by atoms with Gasteiger partial charge in [0.15, 0.2) is 23.3 Å². The molecular weight excluding hydrogens is 1330 g/mol. The molecule has 8 aromatic heterocycles. The first kappa shape index (κ1) is 66.0. The van der Waals surface area contributed by atoms with Crippen LogP contribution in [0.15, 0.2) is 134 Å². The number of benzene rings is 4. The third kappa shape index (κ3) is 13.3. The van der Waals surface area contributed by atoms with Gasteiger partial charge in [-0.15, -0.1) is 10.2 Å². The van der Waals surface area contributed by atoms with Crippen LogP contribution in [0.25, 0.3) is 56.2 Å². The number of imidazole rings is 2. The van der Waals surface area contributed by atoms with Gasteiger partial charge in [-0.25, -0.2) is 75.2 Å². The summed E-state index contributed by atoms with van der Waals surface area (Å²) in [6.45, 7) is 9.14. The van der Waals surface area contributed by atoms with Gasteiger partial charge in [0.1, 0.15) is 59.2 Å². The Morgan fingerprint density at radius 3 is 1.32 bits per heavy atom. The van der Waals surface area contributed by atoms with E-state index in [4.69, 9.17) is 42.1 Å². The molecule has 2 fully saturated rings. The molecule has 4 aromatic carbocycles. The zero-order valence-electron chi connectivity index (χ0n) is 52.1. The van der Waals surface area contributed by atoms with Crippen LogP contribution in [0.4, 0.5) is 26.3 Å². The number of hydrogen-bond acceptors (Lipinski definition) is 16. The van der Waals surface area contributed by atoms with E-state index in [1.54, 1.807) is 57.9 Å². The molecule has 12 aromatic rings. The quantitative estimate of drug-likeness (QED) is 0.0756. The fourth-order valence-electron chi connectivity index (χ4n) is 11.7. The van der Waals surface area contributed by atoms with Crippen LogP contribution in [0.1, 0.15) is 94.4 Å². The second-order valence-corrected chi connectivity index (χ2v) is 25.4. The van der Waals surface area contributed by atoms with Crippen molar-refractivity contribution in [1.29, 1.82) is 0 Å². The summed E-state index contributed by atoms with van der Waals surface area (Å²) in [6, 6.07) is 20.5. The number of nitrogens with zero attached hydrogens (tertiary/aromatic N) is 14. The smallest absolute Gasteiger partial charge is 0.335 e. The van der Waals surface area contributed by atoms with Gasteiger partial charge in [0, 0.05) is 82.6 Å². The zero-order chi connectivity index (χ0) is 68.9. The molecule has 30 heteroatoms. The van der Waals surface area contributed by atoms with Crippen LogP contribution in [0, 0.1) is 45.7 Å². The minimum absolute atomic E-state index is 0.00803. The number of fused-ring (bicyclic) bond motifs is 2. The molecule has 2 unspecified atom stereocenters. The van der Waals surface area contributed by atoms with Gasteiger partial charge in [-0.2, -0.15) is 0 Å². The van der Waals surface area contributed by atoms with Gasteiger partial charge in [0.05, 0.1) is 107 Å². The average Bonchev–Trinajstić information content (AvgIpc) is 1.58. The number of halogens is 8. The molecule has 14 rings (SSSR count). The molecule has 0 aliphatic carbocycles. The molecule has 22 nitrogen and oxygen atoms in total. The highest BCUT2D eigenvalue weighted by Gasteiger charge is 2.41. The van der Waals surface area contributed by atoms with Gasteiger partial charge in [0.2, 0.25) is 11.8 Å². The van der Waals surface area contributed by atoms with Gasteiger partial charge in [0.25, 0.3) is 0 Å². The molecule has 0 saturated carbocycles. The molecule has 10 heterocycles. The Hall–Kier alpha value is -10.7. The minimum Gasteiger partial charge on any atom is -0.478 e. The predicted octanol–water partition coefficient (Wildman–Crippen LogP) is 13.2. The van der Waals surface area contributed by atoms with Crippen LogP contribution in [0.3, 0.4) is 0 Å². The second kappa shape index (κ2) is 26.7. The number of aromatic carboxylic acids is 2. The molecule has 0 amide bonds. The van der Waals surface area contributed by atoms with Crippen molar-refractivity contribution in [3.63, 3.8) is 0 Å². The Morgan fingerprint density at radius 2 is 0.959 bits per heavy atom. The lowest BCUT2D eigenvalue weighted by atomic mass is 9.87. The lowest BCUT2D eigenvalue weighted by Gasteiger charge is -2.28. The van der Waals surface area contributed by atoms with Crippen molar-refractivity contribution < 1.29 is 65.1 Å². The van der Waals surface area contributed by atoms with E-state index in [0.717, 1.165) is 36.4 Å². The average molecular weight is 1380 g/mol. The first-order valence-electron chi connectivity index (χ1n) is 30.2. The molecule has 500 valence electrons. The summed E-state index contributed by atoms with van der Waals surface area (Å²) >= 11 is 12.8. The molecule has 0 radical (unpaired) electrons. The molecule has 98 heavy (non-hydrogen) atoms. The van der Waals surface area contributed by atoms with Gasteiger partial charge in [-0.05, 0) is 71.8 Å². The van der Waals surface area contributed by atoms with E-state index in [0.29, 0.717) is 46.0 Å². The summed E-state index contributed by atoms with van der Waals surface area (Å²) in [7, 11) is 0. The minimum atomic E-state index is -1.30. The van der Waals surface area contributed by atoms with E-state index >= 15 is 26.3 Å². The molecule has 0 spiro atoms. The molecule has 0 bridgehead atoms. The van der Waals surface area contributed by atoms with Crippen LogP contribution in [-0.4, -0.2) is 118 Å². The van der Waals surface area contributed by atoms with Gasteiger partial charge < -0.3 is 38.3 Å². The number of rotatable bonds is 18. The van der Waals surface area contributed by atoms with E-state index in [2.05, 4.69) is 50.5 Å². The van der Waals surface area contributed by atoms with Crippen molar-refractivity contribution >= 4 is 57.2 Å². The van der Waals surface area contributed by atoms with E-state index in [-0.39, 0.29) is 142 Å². The van der Waals surface area contributed by atoms with Gasteiger partial charge in [-0.1, -0.05) is 73.5 Å². The van der Waals surface area contributed by atoms with E-state index in [9.17, 15) is 19.8 Å². The largest absolute Gasteiger partial charge is 0.478 e. The SMILES string of the molecule is CC1(C)COCC1n1c(Cc2cc(F)c(-c3cccc(OCc4cnc(-n5ccnn5)cc4Cl)n3)cc2F)nc2c(F)cc(C(=O)O)cc21.CC1(C)COCC1n1c(Cc2cc(F)c(-c3cccc(OCc4cnc(-n5ccnn5)cc4Cl)n3)cc2F)nc2c(F)cc(C(=O)O)cc21. The Kier molecular flexibility index (Phi) is 18.0. The molecule has 2 aliphatic rings. The predicted molar refractivity (Wildman–Crippen MR) is 342 cm³/mol. The van der Waals surface area contributed by atoms with Crippen LogP contribution in [0.5, 0.6) is 11.8 Å². The Labute approximate surface area is 562 Å². The normalized spacial score (nSPS) is 15.6. The van der Waals surface area contributed by atoms with Crippen molar-refractivity contribution in [2.45, 2.75) is 65.8 Å². The Bertz CT molecular complexity index is 4760. The topological polar surface area (TPSA) is 260 Å². The van der Waals surface area contributed by atoms with E-state index in [1.807, 2.05) is 27.7 Å². The third-order valence-corrected chi connectivity index (χ3v) is 17.6. The summed E-state index contributed by atoms with van der Waals surface area (Å²) < 4.78 is 122. The zero-order valence-corrected chi connectivity index (χ0v) is 53.7. The van der Waals surface area contributed by atoms with Crippen LogP contribution >= 0.6 is 23.2 Å². The number of carboxylic acids is 2. The first-order chi connectivity index (χ1) is 47.0. The van der Waals surface area contributed by atoms with E-state index in [1.165, 1.54) is 58.4 Å². The number of pyridine rings is 4. The van der Waals surface area contributed by atoms with Crippen LogP contribution < -0.4 is 9.47 Å². The maximum atomic E-state index is 15.7. The summed E-state index contributed by atoms with van der Waals surface area (Å²) in [5.74, 6) is -5.51. The third-order valence-electron chi connectivity index (χ3n) is 16.9. The highest BCUT2D eigenvalue weighted by molar-refractivity contribution is 6.31. The first-order valence-corrected chi connectivity index (χ1v) is 30.9. The fourth-order valence-corrected chi connectivity index (χ4v) is 12.2. The number of aromatic nitrogens is 14. The number of hydrogen-bond donors (Lipinski definition) is 2. The molecule has 2 aliphatic heterocycles. The Morgan fingerprint density at radius 1 is 0.541 bits per heavy atom. The van der Waals surface area contributed by atoms with Crippen molar-refractivity contribution in [3.8, 4) is 45.9 Å². The van der Waals surface area contributed by atoms with E-state index < -0.39 is 57.7 Å². The van der Waals surface area contributed by atoms with Crippen molar-refractivity contribution in [3.05, 3.63) is 224 Å². The maximum absolute atomic E-state index is 15.7. The van der Waals surface area contributed by atoms with Crippen LogP contribution in [0.2, 0.25) is 10.0 Å². The summed E-state index contributed by atoms with van der Waals surface area (Å²) in [5, 5.41) is 35.1. The lowest BCUT2D eigenvalue weighted by Crippen LogP contribution is -2.27. The summed E-state index contributed by atoms with van der Waals surface area (Å²) in [5.41, 5.74) is 0.0951. The molecule has 2 saturated heterocycles. The number of carbonyl (C=O) groups is 2. The lowest BCUT2D eigenvalue weighted by molar-refractivity contribution is 0.0686. The molecular formula is C68H54Cl2F6N14O8. The highest BCUT2D eigenvalue weighted by Crippen LogP contribution is 2.43. The van der Waals surface area contributed by atoms with Crippen molar-refractivity contribution in [2.24, 2.45) is 10.8 Å². The summed E-state index contributed by atoms with van der Waals surface area (Å²) in [4.78, 5) is 49.7. The van der Waals surface area contributed by atoms with Gasteiger partial charge >= 0.3 is 11.9 Å². The summed E-state index contributed by atoms with van der Waals surface area (Å²) in [6.07, 6.45) is 8.94. The second-order valence-electron chi connectivity index (χ2n) is 24.6. The van der Waals surface area contributed by atoms with Gasteiger partial charge in [-0.3, -0.25) is 0 Å². The standard InChI is InChI=1S/2C34H27ClF3N7O4/c2*1-34(2)17-48-16-28(34)45-27-10-19(33(46)47)9-25(38)32(27)42-30(45)11-18-8-24(37)21(12-23(18)36)26-4-3-5-31(41-26)49-15-20-14-39-29(13-22(20)35)44-7-6-40-43-44/h2*3-10,12-14,28H,11,15-17H2,1-2H3,(H,46,47). The van der Waals surface area contributed by atoms with Crippen molar-refractivity contribution in [2.75, 3.05) is 26.4 Å². The molecule has 2 atom stereocenters. The maximum Gasteiger partial charge on any atom is 0.335 e. The van der Waals surface area contributed by atoms with Crippen molar-refractivity contribution in [1.82, 2.24) is 69.0 Å². The van der Waals surface area contributed by atoms with Crippen LogP contribution in [-0.2, 0) is 35.5 Å². The highest BCUT2D eigenvalue weighted by atomic mass is 35.5. The number of ether oxygens (including phenoxy) is 4. The Balaban J connectivity index is 0.000000176. The monoisotopic (exact) mass is 1380 g/mol. The number of carboxylic acid groups (broad SMARTS) is 2. The molecule has 2 N–H and O–H groups in total.